The number of hydrogen-bond acceptors (Lipinski definition) is 6. The summed E-state index contributed by atoms with van der Waals surface area (Å²) < 4.78 is 11.9. The van der Waals surface area contributed by atoms with E-state index in [1.54, 1.807) is 37.8 Å². The van der Waals surface area contributed by atoms with Gasteiger partial charge in [-0.2, -0.15) is 9.78 Å². The molecule has 0 saturated heterocycles. The van der Waals surface area contributed by atoms with E-state index in [0.717, 1.165) is 35.0 Å². The molecule has 0 amide bonds. The summed E-state index contributed by atoms with van der Waals surface area (Å²) >= 11 is 1.64. The molecule has 0 spiro atoms. The van der Waals surface area contributed by atoms with Crippen LogP contribution in [0.25, 0.3) is 10.2 Å². The van der Waals surface area contributed by atoms with Gasteiger partial charge in [0.05, 0.1) is 25.8 Å². The second-order valence-electron chi connectivity index (χ2n) is 6.14. The minimum atomic E-state index is -0.113. The van der Waals surface area contributed by atoms with E-state index in [0.29, 0.717) is 11.5 Å². The van der Waals surface area contributed by atoms with E-state index in [1.165, 1.54) is 27.9 Å². The number of aryl methyl sites for hydroxylation is 2. The van der Waals surface area contributed by atoms with Crippen molar-refractivity contribution in [3.05, 3.63) is 50.9 Å². The lowest BCUT2D eigenvalue weighted by Crippen LogP contribution is -2.18. The molecule has 7 heteroatoms. The summed E-state index contributed by atoms with van der Waals surface area (Å²) in [5, 5.41) is 5.05. The number of aromatic nitrogens is 2. The Kier molecular flexibility index (Phi) is 4.46. The van der Waals surface area contributed by atoms with Crippen molar-refractivity contribution < 1.29 is 9.47 Å². The van der Waals surface area contributed by atoms with Gasteiger partial charge < -0.3 is 9.47 Å². The van der Waals surface area contributed by atoms with Crippen molar-refractivity contribution in [2.75, 3.05) is 14.2 Å². The molecule has 0 N–H and O–H groups in total. The van der Waals surface area contributed by atoms with Crippen LogP contribution in [0.2, 0.25) is 0 Å². The zero-order valence-electron chi connectivity index (χ0n) is 14.7. The number of rotatable bonds is 4. The Labute approximate surface area is 154 Å². The topological polar surface area (TPSA) is 65.7 Å². The molecule has 4 rings (SSSR count). The standard InChI is InChI=1S/C19H19N3O3S/c1-24-13-8-7-12(15(9-13)25-2)10-21-22-11-20-18-17(19(22)23)14-5-3-4-6-16(14)26-18/h7-11H,3-6H2,1-2H3/b21-10+. The second-order valence-corrected chi connectivity index (χ2v) is 7.22. The second kappa shape index (κ2) is 6.92. The SMILES string of the molecule is COc1ccc(/C=N/n2cnc3sc4c(c3c2=O)CCCC4)c(OC)c1. The van der Waals surface area contributed by atoms with Crippen LogP contribution in [0.3, 0.4) is 0 Å². The molecule has 3 aromatic rings. The van der Waals surface area contributed by atoms with Gasteiger partial charge in [0, 0.05) is 16.5 Å². The molecule has 134 valence electrons. The molecule has 1 aliphatic carbocycles. The fourth-order valence-corrected chi connectivity index (χ4v) is 4.49. The third kappa shape index (κ3) is 2.88. The van der Waals surface area contributed by atoms with E-state index in [9.17, 15) is 4.79 Å². The summed E-state index contributed by atoms with van der Waals surface area (Å²) in [5.41, 5.74) is 1.81. The summed E-state index contributed by atoms with van der Waals surface area (Å²) in [4.78, 5) is 19.5. The monoisotopic (exact) mass is 369 g/mol. The van der Waals surface area contributed by atoms with Gasteiger partial charge in [-0.1, -0.05) is 0 Å². The lowest BCUT2D eigenvalue weighted by atomic mass is 9.97. The number of ether oxygens (including phenoxy) is 2. The van der Waals surface area contributed by atoms with E-state index in [1.807, 2.05) is 12.1 Å². The molecule has 0 atom stereocenters. The summed E-state index contributed by atoms with van der Waals surface area (Å²) in [6.45, 7) is 0. The lowest BCUT2D eigenvalue weighted by Gasteiger charge is -2.09. The van der Waals surface area contributed by atoms with Gasteiger partial charge in [-0.15, -0.1) is 11.3 Å². The molecule has 0 bridgehead atoms. The number of thiophene rings is 1. The van der Waals surface area contributed by atoms with Crippen molar-refractivity contribution in [1.29, 1.82) is 0 Å². The first-order valence-electron chi connectivity index (χ1n) is 8.49. The molecule has 6 nitrogen and oxygen atoms in total. The highest BCUT2D eigenvalue weighted by Gasteiger charge is 2.19. The first-order chi connectivity index (χ1) is 12.7. The van der Waals surface area contributed by atoms with Crippen LogP contribution in [-0.2, 0) is 12.8 Å². The normalized spacial score (nSPS) is 13.9. The highest BCUT2D eigenvalue weighted by Crippen LogP contribution is 2.33. The zero-order valence-corrected chi connectivity index (χ0v) is 15.5. The Bertz CT molecular complexity index is 1050. The van der Waals surface area contributed by atoms with E-state index in [-0.39, 0.29) is 5.56 Å². The molecule has 26 heavy (non-hydrogen) atoms. The van der Waals surface area contributed by atoms with Gasteiger partial charge in [0.25, 0.3) is 5.56 Å². The number of nitrogens with zero attached hydrogens (tertiary/aromatic N) is 3. The van der Waals surface area contributed by atoms with Gasteiger partial charge in [-0.05, 0) is 43.4 Å². The van der Waals surface area contributed by atoms with Crippen LogP contribution in [0.5, 0.6) is 11.5 Å². The Balaban J connectivity index is 1.75. The Morgan fingerprint density at radius 1 is 1.23 bits per heavy atom. The number of fused-ring (bicyclic) bond motifs is 3. The summed E-state index contributed by atoms with van der Waals surface area (Å²) in [6.07, 6.45) is 7.39. The molecule has 1 aromatic carbocycles. The summed E-state index contributed by atoms with van der Waals surface area (Å²) in [6, 6.07) is 5.44. The molecule has 0 aliphatic heterocycles. The van der Waals surface area contributed by atoms with Crippen LogP contribution >= 0.6 is 11.3 Å². The first kappa shape index (κ1) is 16.8. The van der Waals surface area contributed by atoms with Crippen molar-refractivity contribution in [3.63, 3.8) is 0 Å². The van der Waals surface area contributed by atoms with Crippen molar-refractivity contribution in [2.24, 2.45) is 5.10 Å². The quantitative estimate of drug-likeness (QED) is 0.662. The van der Waals surface area contributed by atoms with E-state index in [2.05, 4.69) is 10.1 Å². The summed E-state index contributed by atoms with van der Waals surface area (Å²) in [5.74, 6) is 1.33. The van der Waals surface area contributed by atoms with E-state index >= 15 is 0 Å². The van der Waals surface area contributed by atoms with Crippen LogP contribution in [0.15, 0.2) is 34.4 Å². The van der Waals surface area contributed by atoms with E-state index < -0.39 is 0 Å². The first-order valence-corrected chi connectivity index (χ1v) is 9.31. The Morgan fingerprint density at radius 2 is 2.08 bits per heavy atom. The van der Waals surface area contributed by atoms with Crippen LogP contribution < -0.4 is 15.0 Å². The molecule has 0 fully saturated rings. The van der Waals surface area contributed by atoms with E-state index in [4.69, 9.17) is 9.47 Å². The van der Waals surface area contributed by atoms with Gasteiger partial charge >= 0.3 is 0 Å². The van der Waals surface area contributed by atoms with Gasteiger partial charge in [-0.3, -0.25) is 4.79 Å². The number of methoxy groups -OCH3 is 2. The van der Waals surface area contributed by atoms with Crippen LogP contribution in [0.1, 0.15) is 28.8 Å². The Morgan fingerprint density at radius 3 is 2.88 bits per heavy atom. The van der Waals surface area contributed by atoms with Crippen LogP contribution in [0, 0.1) is 0 Å². The maximum absolute atomic E-state index is 12.9. The third-order valence-corrected chi connectivity index (χ3v) is 5.82. The minimum Gasteiger partial charge on any atom is -0.497 e. The van der Waals surface area contributed by atoms with Crippen molar-refractivity contribution in [1.82, 2.24) is 9.66 Å². The predicted molar refractivity (Wildman–Crippen MR) is 103 cm³/mol. The molecular weight excluding hydrogens is 350 g/mol. The zero-order chi connectivity index (χ0) is 18.1. The maximum atomic E-state index is 12.9. The van der Waals surface area contributed by atoms with Gasteiger partial charge in [0.15, 0.2) is 0 Å². The van der Waals surface area contributed by atoms with Gasteiger partial charge in [0.2, 0.25) is 0 Å². The highest BCUT2D eigenvalue weighted by molar-refractivity contribution is 7.18. The Hall–Kier alpha value is -2.67. The summed E-state index contributed by atoms with van der Waals surface area (Å²) in [7, 11) is 3.19. The minimum absolute atomic E-state index is 0.113. The van der Waals surface area contributed by atoms with Gasteiger partial charge in [-0.25, -0.2) is 4.98 Å². The van der Waals surface area contributed by atoms with Crippen LogP contribution in [-0.4, -0.2) is 30.1 Å². The lowest BCUT2D eigenvalue weighted by molar-refractivity contribution is 0.394. The number of benzene rings is 1. The maximum Gasteiger partial charge on any atom is 0.282 e. The molecule has 1 aliphatic rings. The predicted octanol–water partition coefficient (Wildman–Crippen LogP) is 3.24. The van der Waals surface area contributed by atoms with Crippen LogP contribution in [0.4, 0.5) is 0 Å². The third-order valence-electron chi connectivity index (χ3n) is 4.62. The molecule has 0 unspecified atom stereocenters. The van der Waals surface area contributed by atoms with Crippen molar-refractivity contribution in [2.45, 2.75) is 25.7 Å². The van der Waals surface area contributed by atoms with Crippen molar-refractivity contribution in [3.8, 4) is 11.5 Å². The average Bonchev–Trinajstić information content (AvgIpc) is 3.06. The fourth-order valence-electron chi connectivity index (χ4n) is 3.27. The number of hydrogen-bond donors (Lipinski definition) is 0. The smallest absolute Gasteiger partial charge is 0.282 e. The molecule has 2 heterocycles. The highest BCUT2D eigenvalue weighted by atomic mass is 32.1. The molecule has 0 saturated carbocycles. The van der Waals surface area contributed by atoms with Crippen molar-refractivity contribution >= 4 is 27.8 Å². The molecule has 2 aromatic heterocycles. The van der Waals surface area contributed by atoms with Gasteiger partial charge in [0.1, 0.15) is 22.7 Å². The molecular formula is C19H19N3O3S. The fraction of sp³-hybridized carbons (Fsp3) is 0.316. The largest absolute Gasteiger partial charge is 0.497 e. The molecule has 0 radical (unpaired) electrons. The average molecular weight is 369 g/mol.